The largest absolute Gasteiger partial charge is 0.456 e. The van der Waals surface area contributed by atoms with Crippen LogP contribution in [0.5, 0.6) is 0 Å². The molecule has 0 atom stereocenters. The first-order valence-electron chi connectivity index (χ1n) is 17.7. The molecule has 8 aromatic carbocycles. The number of rotatable bonds is 3. The van der Waals surface area contributed by atoms with Gasteiger partial charge in [-0.25, -0.2) is 0 Å². The Labute approximate surface area is 301 Å². The molecule has 4 aromatic heterocycles. The lowest BCUT2D eigenvalue weighted by Gasteiger charge is -2.09. The summed E-state index contributed by atoms with van der Waals surface area (Å²) in [6, 6.07) is 61.6. The fourth-order valence-electron chi connectivity index (χ4n) is 8.72. The van der Waals surface area contributed by atoms with Crippen LogP contribution in [0.2, 0.25) is 0 Å². The fourth-order valence-corrected chi connectivity index (χ4v) is 9.93. The van der Waals surface area contributed by atoms with Crippen LogP contribution >= 0.6 is 11.3 Å². The molecule has 242 valence electrons. The van der Waals surface area contributed by atoms with Crippen LogP contribution in [-0.2, 0) is 0 Å². The number of thiophene rings is 1. The maximum absolute atomic E-state index is 6.55. The standard InChI is InChI=1S/C48H28N2OS/c1-5-18-40-31(11-1)32-12-2-6-19-41(32)49(40)29-23-25-44-39(28-29)47-35(15-10-22-45(47)51-44)36-16-9-17-37-38-27-30(24-26-46(38)52-48(36)37)50-42-20-7-3-13-33(42)34-14-4-8-21-43(34)50/h1-28H. The van der Waals surface area contributed by atoms with Gasteiger partial charge in [0, 0.05) is 69.4 Å². The van der Waals surface area contributed by atoms with Gasteiger partial charge in [0.25, 0.3) is 0 Å². The Morgan fingerprint density at radius 3 is 1.48 bits per heavy atom. The second-order valence-corrected chi connectivity index (χ2v) is 14.7. The summed E-state index contributed by atoms with van der Waals surface area (Å²) in [4.78, 5) is 0. The summed E-state index contributed by atoms with van der Waals surface area (Å²) in [5.74, 6) is 0. The highest BCUT2D eigenvalue weighted by atomic mass is 32.1. The molecule has 52 heavy (non-hydrogen) atoms. The van der Waals surface area contributed by atoms with E-state index in [0.29, 0.717) is 0 Å². The molecule has 3 nitrogen and oxygen atoms in total. The second-order valence-electron chi connectivity index (χ2n) is 13.7. The van der Waals surface area contributed by atoms with Crippen molar-refractivity contribution in [1.29, 1.82) is 0 Å². The van der Waals surface area contributed by atoms with Gasteiger partial charge >= 0.3 is 0 Å². The van der Waals surface area contributed by atoms with Crippen molar-refractivity contribution in [1.82, 2.24) is 9.13 Å². The molecule has 4 heteroatoms. The molecular formula is C48H28N2OS. The van der Waals surface area contributed by atoms with Crippen molar-refractivity contribution in [2.75, 3.05) is 0 Å². The molecule has 4 heterocycles. The minimum absolute atomic E-state index is 0.895. The number of fused-ring (bicyclic) bond motifs is 12. The van der Waals surface area contributed by atoms with E-state index in [1.165, 1.54) is 80.6 Å². The summed E-state index contributed by atoms with van der Waals surface area (Å²) in [7, 11) is 0. The van der Waals surface area contributed by atoms with E-state index < -0.39 is 0 Å². The third-order valence-corrected chi connectivity index (χ3v) is 12.1. The highest BCUT2D eigenvalue weighted by molar-refractivity contribution is 7.26. The van der Waals surface area contributed by atoms with E-state index >= 15 is 0 Å². The number of aromatic nitrogens is 2. The molecule has 12 aromatic rings. The van der Waals surface area contributed by atoms with Crippen LogP contribution in [0.1, 0.15) is 0 Å². The highest BCUT2D eigenvalue weighted by Gasteiger charge is 2.19. The van der Waals surface area contributed by atoms with E-state index in [2.05, 4.69) is 179 Å². The number of hydrogen-bond donors (Lipinski definition) is 0. The number of hydrogen-bond acceptors (Lipinski definition) is 2. The summed E-state index contributed by atoms with van der Waals surface area (Å²) in [5.41, 5.74) is 11.4. The van der Waals surface area contributed by atoms with Crippen molar-refractivity contribution < 1.29 is 4.42 Å². The van der Waals surface area contributed by atoms with E-state index in [-0.39, 0.29) is 0 Å². The highest BCUT2D eigenvalue weighted by Crippen LogP contribution is 2.45. The summed E-state index contributed by atoms with van der Waals surface area (Å²) in [6.45, 7) is 0. The minimum Gasteiger partial charge on any atom is -0.456 e. The van der Waals surface area contributed by atoms with Crippen LogP contribution in [0, 0.1) is 0 Å². The third kappa shape index (κ3) is 3.79. The van der Waals surface area contributed by atoms with Crippen LogP contribution in [-0.4, -0.2) is 9.13 Å². The van der Waals surface area contributed by atoms with E-state index in [4.69, 9.17) is 4.42 Å². The van der Waals surface area contributed by atoms with E-state index in [1.807, 2.05) is 11.3 Å². The lowest BCUT2D eigenvalue weighted by Crippen LogP contribution is -1.93. The lowest BCUT2D eigenvalue weighted by molar-refractivity contribution is 0.669. The molecule has 0 bridgehead atoms. The average molecular weight is 681 g/mol. The van der Waals surface area contributed by atoms with Gasteiger partial charge in [-0.05, 0) is 72.3 Å². The molecule has 0 aliphatic carbocycles. The summed E-state index contributed by atoms with van der Waals surface area (Å²) < 4.78 is 13.9. The Balaban J connectivity index is 1.08. The van der Waals surface area contributed by atoms with Crippen LogP contribution in [0.15, 0.2) is 174 Å². The van der Waals surface area contributed by atoms with Crippen molar-refractivity contribution in [3.63, 3.8) is 0 Å². The molecule has 0 amide bonds. The predicted molar refractivity (Wildman–Crippen MR) is 221 cm³/mol. The van der Waals surface area contributed by atoms with E-state index in [9.17, 15) is 0 Å². The third-order valence-electron chi connectivity index (χ3n) is 10.9. The molecule has 0 unspecified atom stereocenters. The molecule has 0 fully saturated rings. The van der Waals surface area contributed by atoms with Gasteiger partial charge in [0.05, 0.1) is 22.1 Å². The van der Waals surface area contributed by atoms with Crippen LogP contribution in [0.4, 0.5) is 0 Å². The molecule has 0 spiro atoms. The number of nitrogens with zero attached hydrogens (tertiary/aromatic N) is 2. The first kappa shape index (κ1) is 28.1. The zero-order chi connectivity index (χ0) is 33.9. The van der Waals surface area contributed by atoms with Gasteiger partial charge in [0.15, 0.2) is 0 Å². The van der Waals surface area contributed by atoms with Gasteiger partial charge in [-0.3, -0.25) is 0 Å². The van der Waals surface area contributed by atoms with Gasteiger partial charge < -0.3 is 13.6 Å². The molecule has 0 N–H and O–H groups in total. The Morgan fingerprint density at radius 1 is 0.365 bits per heavy atom. The predicted octanol–water partition coefficient (Wildman–Crippen LogP) is 13.8. The molecular weight excluding hydrogens is 653 g/mol. The summed E-state index contributed by atoms with van der Waals surface area (Å²) in [6.07, 6.45) is 0. The SMILES string of the molecule is c1cc(-c2cccc3c2sc2ccc(-n4c5ccccc5c5ccccc54)cc23)c2c(c1)oc1ccc(-n3c4ccccc4c4ccccc43)cc12. The Bertz CT molecular complexity index is 3320. The zero-order valence-electron chi connectivity index (χ0n) is 27.9. The van der Waals surface area contributed by atoms with Crippen LogP contribution in [0.25, 0.3) is 108 Å². The quantitative estimate of drug-likeness (QED) is 0.182. The minimum atomic E-state index is 0.895. The molecule has 0 radical (unpaired) electrons. The topological polar surface area (TPSA) is 23.0 Å². The van der Waals surface area contributed by atoms with Gasteiger partial charge in [0.1, 0.15) is 11.2 Å². The zero-order valence-corrected chi connectivity index (χ0v) is 28.7. The Morgan fingerprint density at radius 2 is 0.865 bits per heavy atom. The Kier molecular flexibility index (Phi) is 5.65. The fraction of sp³-hybridized carbons (Fsp3) is 0. The monoisotopic (exact) mass is 680 g/mol. The van der Waals surface area contributed by atoms with E-state index in [1.54, 1.807) is 0 Å². The number of para-hydroxylation sites is 4. The van der Waals surface area contributed by atoms with Crippen LogP contribution in [0.3, 0.4) is 0 Å². The summed E-state index contributed by atoms with van der Waals surface area (Å²) >= 11 is 1.87. The van der Waals surface area contributed by atoms with Gasteiger partial charge in [-0.1, -0.05) is 103 Å². The molecule has 0 saturated carbocycles. The Hall–Kier alpha value is -6.62. The van der Waals surface area contributed by atoms with Crippen LogP contribution < -0.4 is 0 Å². The first-order valence-corrected chi connectivity index (χ1v) is 18.5. The maximum Gasteiger partial charge on any atom is 0.136 e. The van der Waals surface area contributed by atoms with Gasteiger partial charge in [-0.15, -0.1) is 11.3 Å². The number of benzene rings is 8. The van der Waals surface area contributed by atoms with Crippen molar-refractivity contribution in [3.05, 3.63) is 170 Å². The normalized spacial score (nSPS) is 12.2. The molecule has 0 aliphatic rings. The molecule has 12 rings (SSSR count). The second kappa shape index (κ2) is 10.5. The lowest BCUT2D eigenvalue weighted by atomic mass is 9.97. The number of furan rings is 1. The average Bonchev–Trinajstić information content (AvgIpc) is 3.95. The maximum atomic E-state index is 6.55. The smallest absolute Gasteiger partial charge is 0.136 e. The molecule has 0 aliphatic heterocycles. The van der Waals surface area contributed by atoms with Gasteiger partial charge in [0.2, 0.25) is 0 Å². The summed E-state index contributed by atoms with van der Waals surface area (Å²) in [5, 5.41) is 9.89. The van der Waals surface area contributed by atoms with Gasteiger partial charge in [-0.2, -0.15) is 0 Å². The van der Waals surface area contributed by atoms with Crippen molar-refractivity contribution in [2.45, 2.75) is 0 Å². The van der Waals surface area contributed by atoms with Crippen molar-refractivity contribution >= 4 is 97.1 Å². The first-order chi connectivity index (χ1) is 25.8. The van der Waals surface area contributed by atoms with E-state index in [0.717, 1.165) is 27.6 Å². The van der Waals surface area contributed by atoms with Crippen molar-refractivity contribution in [3.8, 4) is 22.5 Å². The molecule has 0 saturated heterocycles. The van der Waals surface area contributed by atoms with Crippen molar-refractivity contribution in [2.24, 2.45) is 0 Å².